The van der Waals surface area contributed by atoms with E-state index in [1.165, 1.54) is 0 Å². The van der Waals surface area contributed by atoms with Crippen LogP contribution in [0.15, 0.2) is 0 Å². The Labute approximate surface area is 67.6 Å². The highest BCUT2D eigenvalue weighted by molar-refractivity contribution is 4.98. The number of terminal acetylenes is 1. The van der Waals surface area contributed by atoms with Crippen molar-refractivity contribution >= 4 is 0 Å². The average molecular weight is 155 g/mol. The van der Waals surface area contributed by atoms with E-state index in [0.717, 1.165) is 0 Å². The molecule has 0 amide bonds. The molecule has 0 aromatic heterocycles. The molecule has 0 spiro atoms. The quantitative estimate of drug-likeness (QED) is 0.520. The van der Waals surface area contributed by atoms with Crippen molar-refractivity contribution in [2.24, 2.45) is 5.92 Å². The number of hydrogen-bond donors (Lipinski definition) is 0. The van der Waals surface area contributed by atoms with Gasteiger partial charge in [-0.25, -0.2) is 4.39 Å². The first-order valence-corrected chi connectivity index (χ1v) is 4.02. The summed E-state index contributed by atoms with van der Waals surface area (Å²) in [5.41, 5.74) is 0. The highest BCUT2D eigenvalue weighted by atomic mass is 19.1. The Bertz CT molecular complexity index is 171. The second-order valence-electron chi connectivity index (χ2n) is 3.43. The Kier molecular flexibility index (Phi) is 2.38. The van der Waals surface area contributed by atoms with Gasteiger partial charge in [0.2, 0.25) is 0 Å². The van der Waals surface area contributed by atoms with Gasteiger partial charge in [0.1, 0.15) is 6.17 Å². The summed E-state index contributed by atoms with van der Waals surface area (Å²) in [6.45, 7) is 4.57. The van der Waals surface area contributed by atoms with Crippen LogP contribution in [0, 0.1) is 18.4 Å². The van der Waals surface area contributed by atoms with Crippen molar-refractivity contribution < 1.29 is 4.39 Å². The van der Waals surface area contributed by atoms with Crippen LogP contribution in [-0.4, -0.2) is 23.7 Å². The van der Waals surface area contributed by atoms with Crippen molar-refractivity contribution in [3.05, 3.63) is 0 Å². The molecule has 0 aromatic rings. The molecule has 1 nitrogen and oxygen atoms in total. The van der Waals surface area contributed by atoms with E-state index in [1.54, 1.807) is 4.90 Å². The second-order valence-corrected chi connectivity index (χ2v) is 3.43. The molecule has 62 valence electrons. The number of likely N-dealkylation sites (tertiary alicyclic amines) is 1. The Morgan fingerprint density at radius 1 is 1.64 bits per heavy atom. The minimum absolute atomic E-state index is 0.245. The molecule has 1 aliphatic heterocycles. The molecular formula is C9H14FN. The third-order valence-electron chi connectivity index (χ3n) is 2.23. The zero-order valence-corrected chi connectivity index (χ0v) is 7.05. The number of halogens is 1. The predicted molar refractivity (Wildman–Crippen MR) is 43.7 cm³/mol. The molecule has 11 heavy (non-hydrogen) atoms. The summed E-state index contributed by atoms with van der Waals surface area (Å²) in [4.78, 5) is 1.77. The SMILES string of the molecule is C#CN1C[C@H](F)CC1C(C)C. The van der Waals surface area contributed by atoms with E-state index in [1.807, 2.05) is 0 Å². The fraction of sp³-hybridized carbons (Fsp3) is 0.778. The lowest BCUT2D eigenvalue weighted by Gasteiger charge is -2.22. The van der Waals surface area contributed by atoms with Crippen molar-refractivity contribution in [1.29, 1.82) is 0 Å². The first-order chi connectivity index (χ1) is 5.15. The topological polar surface area (TPSA) is 3.24 Å². The second kappa shape index (κ2) is 3.13. The van der Waals surface area contributed by atoms with E-state index >= 15 is 0 Å². The fourth-order valence-corrected chi connectivity index (χ4v) is 1.59. The van der Waals surface area contributed by atoms with Crippen molar-refractivity contribution in [3.8, 4) is 12.5 Å². The van der Waals surface area contributed by atoms with E-state index < -0.39 is 6.17 Å². The van der Waals surface area contributed by atoms with Gasteiger partial charge in [-0.3, -0.25) is 0 Å². The number of nitrogens with zero attached hydrogens (tertiary/aromatic N) is 1. The predicted octanol–water partition coefficient (Wildman–Crippen LogP) is 1.65. The zero-order valence-electron chi connectivity index (χ0n) is 7.05. The summed E-state index contributed by atoms with van der Waals surface area (Å²) >= 11 is 0. The van der Waals surface area contributed by atoms with Crippen molar-refractivity contribution in [2.45, 2.75) is 32.5 Å². The molecule has 0 saturated carbocycles. The Hall–Kier alpha value is -0.710. The van der Waals surface area contributed by atoms with E-state index in [-0.39, 0.29) is 6.04 Å². The molecule has 0 aliphatic carbocycles. The van der Waals surface area contributed by atoms with Gasteiger partial charge in [0, 0.05) is 18.5 Å². The molecule has 0 radical (unpaired) electrons. The molecular weight excluding hydrogens is 141 g/mol. The Balaban J connectivity index is 2.59. The van der Waals surface area contributed by atoms with Gasteiger partial charge in [0.25, 0.3) is 0 Å². The third kappa shape index (κ3) is 1.65. The number of rotatable bonds is 1. The summed E-state index contributed by atoms with van der Waals surface area (Å²) in [6.07, 6.45) is 5.11. The van der Waals surface area contributed by atoms with Gasteiger partial charge in [-0.2, -0.15) is 0 Å². The molecule has 1 unspecified atom stereocenters. The van der Waals surface area contributed by atoms with Crippen LogP contribution in [0.1, 0.15) is 20.3 Å². The molecule has 1 heterocycles. The van der Waals surface area contributed by atoms with Crippen LogP contribution in [0.4, 0.5) is 4.39 Å². The van der Waals surface area contributed by atoms with Crippen LogP contribution >= 0.6 is 0 Å². The fourth-order valence-electron chi connectivity index (χ4n) is 1.59. The van der Waals surface area contributed by atoms with Gasteiger partial charge < -0.3 is 4.90 Å². The molecule has 0 bridgehead atoms. The van der Waals surface area contributed by atoms with Crippen molar-refractivity contribution in [2.75, 3.05) is 6.54 Å². The lowest BCUT2D eigenvalue weighted by molar-refractivity contribution is 0.294. The number of hydrogen-bond acceptors (Lipinski definition) is 1. The lowest BCUT2D eigenvalue weighted by atomic mass is 10.0. The van der Waals surface area contributed by atoms with Gasteiger partial charge in [-0.05, 0) is 5.92 Å². The smallest absolute Gasteiger partial charge is 0.120 e. The van der Waals surface area contributed by atoms with Crippen molar-refractivity contribution in [3.63, 3.8) is 0 Å². The van der Waals surface area contributed by atoms with Gasteiger partial charge in [0.15, 0.2) is 0 Å². The molecule has 2 atom stereocenters. The van der Waals surface area contributed by atoms with Crippen molar-refractivity contribution in [1.82, 2.24) is 4.90 Å². The summed E-state index contributed by atoms with van der Waals surface area (Å²) in [6, 6.07) is 2.76. The van der Waals surface area contributed by atoms with Crippen LogP contribution in [0.25, 0.3) is 0 Å². The summed E-state index contributed by atoms with van der Waals surface area (Å²) < 4.78 is 12.8. The van der Waals surface area contributed by atoms with Gasteiger partial charge in [-0.15, -0.1) is 0 Å². The van der Waals surface area contributed by atoms with Gasteiger partial charge in [-0.1, -0.05) is 20.3 Å². The lowest BCUT2D eigenvalue weighted by Crippen LogP contribution is -2.28. The largest absolute Gasteiger partial charge is 0.327 e. The molecule has 1 rings (SSSR count). The molecule has 0 aromatic carbocycles. The maximum absolute atomic E-state index is 12.8. The maximum atomic E-state index is 12.8. The van der Waals surface area contributed by atoms with E-state index in [2.05, 4.69) is 19.9 Å². The minimum Gasteiger partial charge on any atom is -0.327 e. The number of alkyl halides is 1. The Morgan fingerprint density at radius 2 is 2.27 bits per heavy atom. The Morgan fingerprint density at radius 3 is 2.64 bits per heavy atom. The third-order valence-corrected chi connectivity index (χ3v) is 2.23. The average Bonchev–Trinajstić information content (AvgIpc) is 2.30. The first kappa shape index (κ1) is 8.39. The summed E-state index contributed by atoms with van der Waals surface area (Å²) in [5, 5.41) is 0. The van der Waals surface area contributed by atoms with E-state index in [0.29, 0.717) is 18.9 Å². The first-order valence-electron chi connectivity index (χ1n) is 4.02. The van der Waals surface area contributed by atoms with Crippen LogP contribution in [-0.2, 0) is 0 Å². The minimum atomic E-state index is -0.724. The standard InChI is InChI=1S/C9H14FN/c1-4-11-6-8(10)5-9(11)7(2)3/h1,7-9H,5-6H2,2-3H3/t8-,9?/m1/s1. The monoisotopic (exact) mass is 155 g/mol. The highest BCUT2D eigenvalue weighted by Crippen LogP contribution is 2.24. The van der Waals surface area contributed by atoms with Crippen LogP contribution in [0.2, 0.25) is 0 Å². The summed E-state index contributed by atoms with van der Waals surface area (Å²) in [7, 11) is 0. The molecule has 2 heteroatoms. The van der Waals surface area contributed by atoms with Crippen LogP contribution < -0.4 is 0 Å². The van der Waals surface area contributed by atoms with Crippen LogP contribution in [0.3, 0.4) is 0 Å². The highest BCUT2D eigenvalue weighted by Gasteiger charge is 2.32. The van der Waals surface area contributed by atoms with Gasteiger partial charge in [0.05, 0.1) is 6.54 Å². The molecule has 1 saturated heterocycles. The normalized spacial score (nSPS) is 31.0. The maximum Gasteiger partial charge on any atom is 0.120 e. The van der Waals surface area contributed by atoms with Crippen LogP contribution in [0.5, 0.6) is 0 Å². The molecule has 0 N–H and O–H groups in total. The summed E-state index contributed by atoms with van der Waals surface area (Å²) in [5.74, 6) is 0.451. The van der Waals surface area contributed by atoms with E-state index in [4.69, 9.17) is 6.42 Å². The zero-order chi connectivity index (χ0) is 8.43. The van der Waals surface area contributed by atoms with E-state index in [9.17, 15) is 4.39 Å². The molecule has 1 aliphatic rings. The van der Waals surface area contributed by atoms with Gasteiger partial charge >= 0.3 is 0 Å². The molecule has 1 fully saturated rings.